The number of rotatable bonds is 5. The van der Waals surface area contributed by atoms with Gasteiger partial charge in [0.2, 0.25) is 5.91 Å². The lowest BCUT2D eigenvalue weighted by Crippen LogP contribution is -2.49. The number of amides is 1. The van der Waals surface area contributed by atoms with Crippen molar-refractivity contribution in [2.75, 3.05) is 31.1 Å². The van der Waals surface area contributed by atoms with Crippen molar-refractivity contribution in [3.05, 3.63) is 59.3 Å². The number of carbonyl (C=O) groups excluding carboxylic acids is 1. The summed E-state index contributed by atoms with van der Waals surface area (Å²) in [5, 5.41) is 3.02. The minimum Gasteiger partial charge on any atom is -0.353 e. The third-order valence-electron chi connectivity index (χ3n) is 4.67. The highest BCUT2D eigenvalue weighted by Gasteiger charge is 2.21. The second-order valence-corrected chi connectivity index (χ2v) is 7.37. The standard InChI is InChI=1S/C20H21N5OS/c26-20(25-12-10-24(11-13-25)18-5-1-2-9-22-18)7-6-19-23-17(15-27-19)16-4-3-8-21-14-16/h1-5,8-9,14-15H,6-7,10-13H2. The van der Waals surface area contributed by atoms with Crippen LogP contribution in [0.4, 0.5) is 5.82 Å². The van der Waals surface area contributed by atoms with Gasteiger partial charge < -0.3 is 9.80 Å². The first kappa shape index (κ1) is 17.6. The highest BCUT2D eigenvalue weighted by Crippen LogP contribution is 2.22. The molecule has 0 saturated carbocycles. The molecule has 4 heterocycles. The lowest BCUT2D eigenvalue weighted by Gasteiger charge is -2.35. The maximum Gasteiger partial charge on any atom is 0.223 e. The normalized spacial score (nSPS) is 14.4. The number of carbonyl (C=O) groups is 1. The fourth-order valence-corrected chi connectivity index (χ4v) is 3.98. The Labute approximate surface area is 162 Å². The molecule has 0 bridgehead atoms. The van der Waals surface area contributed by atoms with E-state index in [1.54, 1.807) is 23.7 Å². The summed E-state index contributed by atoms with van der Waals surface area (Å²) in [6.07, 6.45) is 6.56. The molecule has 27 heavy (non-hydrogen) atoms. The smallest absolute Gasteiger partial charge is 0.223 e. The Morgan fingerprint density at radius 2 is 1.96 bits per heavy atom. The van der Waals surface area contributed by atoms with Crippen molar-refractivity contribution in [3.63, 3.8) is 0 Å². The molecule has 0 aromatic carbocycles. The van der Waals surface area contributed by atoms with Crippen LogP contribution in [0.15, 0.2) is 54.3 Å². The van der Waals surface area contributed by atoms with Crippen LogP contribution in [0.25, 0.3) is 11.3 Å². The number of thiazole rings is 1. The summed E-state index contributed by atoms with van der Waals surface area (Å²) < 4.78 is 0. The molecule has 0 unspecified atom stereocenters. The molecule has 3 aromatic rings. The first-order valence-corrected chi connectivity index (χ1v) is 9.96. The number of hydrogen-bond acceptors (Lipinski definition) is 6. The van der Waals surface area contributed by atoms with Crippen LogP contribution in [-0.4, -0.2) is 51.9 Å². The molecule has 4 rings (SSSR count). The van der Waals surface area contributed by atoms with E-state index in [1.165, 1.54) is 0 Å². The van der Waals surface area contributed by atoms with Gasteiger partial charge in [0, 0.05) is 68.6 Å². The van der Waals surface area contributed by atoms with E-state index in [9.17, 15) is 4.79 Å². The summed E-state index contributed by atoms with van der Waals surface area (Å²) in [6.45, 7) is 3.14. The minimum atomic E-state index is 0.203. The number of nitrogens with zero attached hydrogens (tertiary/aromatic N) is 5. The van der Waals surface area contributed by atoms with Crippen molar-refractivity contribution in [2.45, 2.75) is 12.8 Å². The Balaban J connectivity index is 1.27. The first-order valence-electron chi connectivity index (χ1n) is 9.08. The predicted molar refractivity (Wildman–Crippen MR) is 107 cm³/mol. The zero-order chi connectivity index (χ0) is 18.5. The molecule has 7 heteroatoms. The summed E-state index contributed by atoms with van der Waals surface area (Å²) in [4.78, 5) is 29.9. The van der Waals surface area contributed by atoms with Crippen molar-refractivity contribution in [3.8, 4) is 11.3 Å². The predicted octanol–water partition coefficient (Wildman–Crippen LogP) is 2.88. The van der Waals surface area contributed by atoms with Crippen LogP contribution < -0.4 is 4.90 Å². The van der Waals surface area contributed by atoms with Crippen LogP contribution in [0, 0.1) is 0 Å². The molecule has 0 N–H and O–H groups in total. The lowest BCUT2D eigenvalue weighted by atomic mass is 10.2. The zero-order valence-electron chi connectivity index (χ0n) is 15.0. The summed E-state index contributed by atoms with van der Waals surface area (Å²) in [5.74, 6) is 1.18. The van der Waals surface area contributed by atoms with E-state index in [0.29, 0.717) is 12.8 Å². The second kappa shape index (κ2) is 8.26. The minimum absolute atomic E-state index is 0.203. The third-order valence-corrected chi connectivity index (χ3v) is 5.58. The van der Waals surface area contributed by atoms with E-state index < -0.39 is 0 Å². The molecule has 0 spiro atoms. The maximum absolute atomic E-state index is 12.6. The quantitative estimate of drug-likeness (QED) is 0.682. The molecule has 138 valence electrons. The molecule has 1 amide bonds. The summed E-state index contributed by atoms with van der Waals surface area (Å²) in [5.41, 5.74) is 1.94. The number of piperazine rings is 1. The Hall–Kier alpha value is -2.80. The molecule has 1 aliphatic heterocycles. The number of aromatic nitrogens is 3. The molecule has 0 aliphatic carbocycles. The lowest BCUT2D eigenvalue weighted by molar-refractivity contribution is -0.131. The molecular formula is C20H21N5OS. The van der Waals surface area contributed by atoms with Crippen molar-refractivity contribution in [1.82, 2.24) is 19.9 Å². The fraction of sp³-hybridized carbons (Fsp3) is 0.300. The Morgan fingerprint density at radius 3 is 2.70 bits per heavy atom. The fourth-order valence-electron chi connectivity index (χ4n) is 3.17. The second-order valence-electron chi connectivity index (χ2n) is 6.42. The Bertz CT molecular complexity index is 876. The average molecular weight is 379 g/mol. The van der Waals surface area contributed by atoms with Crippen LogP contribution in [0.1, 0.15) is 11.4 Å². The van der Waals surface area contributed by atoms with Crippen LogP contribution in [0.5, 0.6) is 0 Å². The van der Waals surface area contributed by atoms with Gasteiger partial charge in [0.25, 0.3) is 0 Å². The number of hydrogen-bond donors (Lipinski definition) is 0. The molecule has 0 atom stereocenters. The van der Waals surface area contributed by atoms with E-state index >= 15 is 0 Å². The van der Waals surface area contributed by atoms with Gasteiger partial charge in [-0.1, -0.05) is 6.07 Å². The molecular weight excluding hydrogens is 358 g/mol. The molecule has 6 nitrogen and oxygen atoms in total. The molecule has 1 aliphatic rings. The topological polar surface area (TPSA) is 62.2 Å². The van der Waals surface area contributed by atoms with Crippen molar-refractivity contribution < 1.29 is 4.79 Å². The van der Waals surface area contributed by atoms with E-state index in [-0.39, 0.29) is 5.91 Å². The summed E-state index contributed by atoms with van der Waals surface area (Å²) >= 11 is 1.60. The first-order chi connectivity index (χ1) is 13.3. The number of pyridine rings is 2. The third kappa shape index (κ3) is 4.31. The van der Waals surface area contributed by atoms with Crippen molar-refractivity contribution in [2.24, 2.45) is 0 Å². The van der Waals surface area contributed by atoms with Gasteiger partial charge in [-0.05, 0) is 24.3 Å². The maximum atomic E-state index is 12.6. The van der Waals surface area contributed by atoms with Gasteiger partial charge >= 0.3 is 0 Å². The Kier molecular flexibility index (Phi) is 5.39. The molecule has 1 saturated heterocycles. The van der Waals surface area contributed by atoms with Crippen molar-refractivity contribution in [1.29, 1.82) is 0 Å². The van der Waals surface area contributed by atoms with Gasteiger partial charge in [0.05, 0.1) is 10.7 Å². The van der Waals surface area contributed by atoms with Gasteiger partial charge in [-0.3, -0.25) is 9.78 Å². The molecule has 3 aromatic heterocycles. The largest absolute Gasteiger partial charge is 0.353 e. The highest BCUT2D eigenvalue weighted by atomic mass is 32.1. The molecule has 1 fully saturated rings. The zero-order valence-corrected chi connectivity index (χ0v) is 15.8. The highest BCUT2D eigenvalue weighted by molar-refractivity contribution is 7.09. The van der Waals surface area contributed by atoms with Crippen LogP contribution >= 0.6 is 11.3 Å². The number of aryl methyl sites for hydroxylation is 1. The van der Waals surface area contributed by atoms with E-state index in [4.69, 9.17) is 0 Å². The van der Waals surface area contributed by atoms with Crippen LogP contribution in [0.2, 0.25) is 0 Å². The summed E-state index contributed by atoms with van der Waals surface area (Å²) in [6, 6.07) is 9.83. The summed E-state index contributed by atoms with van der Waals surface area (Å²) in [7, 11) is 0. The molecule has 0 radical (unpaired) electrons. The van der Waals surface area contributed by atoms with Crippen molar-refractivity contribution >= 4 is 23.1 Å². The van der Waals surface area contributed by atoms with Gasteiger partial charge in [-0.2, -0.15) is 0 Å². The van der Waals surface area contributed by atoms with Gasteiger partial charge in [0.15, 0.2) is 0 Å². The Morgan fingerprint density at radius 1 is 1.07 bits per heavy atom. The SMILES string of the molecule is O=C(CCc1nc(-c2cccnc2)cs1)N1CCN(c2ccccn2)CC1. The van der Waals surface area contributed by atoms with Gasteiger partial charge in [-0.15, -0.1) is 11.3 Å². The van der Waals surface area contributed by atoms with Gasteiger partial charge in [0.1, 0.15) is 5.82 Å². The monoisotopic (exact) mass is 379 g/mol. The van der Waals surface area contributed by atoms with E-state index in [1.807, 2.05) is 46.8 Å². The van der Waals surface area contributed by atoms with Crippen LogP contribution in [0.3, 0.4) is 0 Å². The number of anilines is 1. The van der Waals surface area contributed by atoms with Gasteiger partial charge in [-0.25, -0.2) is 9.97 Å². The van der Waals surface area contributed by atoms with E-state index in [0.717, 1.165) is 48.3 Å². The van der Waals surface area contributed by atoms with E-state index in [2.05, 4.69) is 19.9 Å². The van der Waals surface area contributed by atoms with Crippen LogP contribution in [-0.2, 0) is 11.2 Å². The average Bonchev–Trinajstić information content (AvgIpc) is 3.22.